The fourth-order valence-electron chi connectivity index (χ4n) is 2.20. The van der Waals surface area contributed by atoms with Gasteiger partial charge in [0.1, 0.15) is 0 Å². The Morgan fingerprint density at radius 2 is 1.58 bits per heavy atom. The van der Waals surface area contributed by atoms with E-state index in [1.54, 1.807) is 60.9 Å². The molecule has 6 nitrogen and oxygen atoms in total. The number of anilines is 3. The average Bonchev–Trinajstić information content (AvgIpc) is 2.59. The molecule has 0 saturated heterocycles. The van der Waals surface area contributed by atoms with Crippen LogP contribution in [0.4, 0.5) is 17.3 Å². The molecular weight excluding hydrogens is 324 g/mol. The molecule has 1 heterocycles. The lowest BCUT2D eigenvalue weighted by Crippen LogP contribution is -2.14. The van der Waals surface area contributed by atoms with Gasteiger partial charge in [0.15, 0.2) is 0 Å². The molecule has 0 atom stereocenters. The summed E-state index contributed by atoms with van der Waals surface area (Å²) in [5.41, 5.74) is 1.92. The normalized spacial score (nSPS) is 11.0. The standard InChI is InChI=1S/C17H16N4O2S/c1-13-7-5-10-15(16(13)20-17-18-11-6-12-19-17)21-24(22,23)14-8-3-2-4-9-14/h2-12,21H,1H3,(H,18,19,20). The number of aryl methyl sites for hydroxylation is 1. The topological polar surface area (TPSA) is 84.0 Å². The van der Waals surface area contributed by atoms with Crippen molar-refractivity contribution in [3.05, 3.63) is 72.6 Å². The summed E-state index contributed by atoms with van der Waals surface area (Å²) in [5, 5.41) is 3.07. The summed E-state index contributed by atoms with van der Waals surface area (Å²) >= 11 is 0. The number of sulfonamides is 1. The van der Waals surface area contributed by atoms with Gasteiger partial charge in [-0.25, -0.2) is 18.4 Å². The third-order valence-electron chi connectivity index (χ3n) is 3.37. The second-order valence-electron chi connectivity index (χ2n) is 5.11. The van der Waals surface area contributed by atoms with Gasteiger partial charge in [-0.05, 0) is 36.8 Å². The quantitative estimate of drug-likeness (QED) is 0.744. The Hall–Kier alpha value is -2.93. The summed E-state index contributed by atoms with van der Waals surface area (Å²) in [6.07, 6.45) is 3.23. The minimum Gasteiger partial charge on any atom is -0.322 e. The summed E-state index contributed by atoms with van der Waals surface area (Å²) in [4.78, 5) is 8.43. The molecule has 0 radical (unpaired) electrons. The van der Waals surface area contributed by atoms with Gasteiger partial charge < -0.3 is 5.32 Å². The number of hydrogen-bond acceptors (Lipinski definition) is 5. The fourth-order valence-corrected chi connectivity index (χ4v) is 3.29. The van der Waals surface area contributed by atoms with Gasteiger partial charge in [-0.2, -0.15) is 0 Å². The Balaban J connectivity index is 1.96. The number of benzene rings is 2. The third kappa shape index (κ3) is 3.52. The number of nitrogens with one attached hydrogen (secondary N) is 2. The van der Waals surface area contributed by atoms with E-state index in [0.717, 1.165) is 5.56 Å². The van der Waals surface area contributed by atoms with E-state index in [1.165, 1.54) is 0 Å². The van der Waals surface area contributed by atoms with Crippen LogP contribution in [0.3, 0.4) is 0 Å². The molecule has 3 aromatic rings. The predicted octanol–water partition coefficient (Wildman–Crippen LogP) is 3.33. The lowest BCUT2D eigenvalue weighted by atomic mass is 10.2. The van der Waals surface area contributed by atoms with E-state index in [9.17, 15) is 8.42 Å². The summed E-state index contributed by atoms with van der Waals surface area (Å²) in [7, 11) is -3.68. The van der Waals surface area contributed by atoms with Crippen molar-refractivity contribution in [1.29, 1.82) is 0 Å². The highest BCUT2D eigenvalue weighted by Gasteiger charge is 2.16. The molecule has 24 heavy (non-hydrogen) atoms. The summed E-state index contributed by atoms with van der Waals surface area (Å²) in [6.45, 7) is 1.88. The molecule has 0 spiro atoms. The molecule has 0 fully saturated rings. The molecule has 0 bridgehead atoms. The van der Waals surface area contributed by atoms with Gasteiger partial charge in [0, 0.05) is 12.4 Å². The second kappa shape index (κ2) is 6.67. The molecule has 2 N–H and O–H groups in total. The molecule has 0 amide bonds. The van der Waals surface area contributed by atoms with Crippen LogP contribution in [-0.4, -0.2) is 18.4 Å². The van der Waals surface area contributed by atoms with Crippen LogP contribution >= 0.6 is 0 Å². The van der Waals surface area contributed by atoms with Gasteiger partial charge in [0.05, 0.1) is 16.3 Å². The Bertz CT molecular complexity index is 929. The minimum atomic E-state index is -3.68. The van der Waals surface area contributed by atoms with Crippen LogP contribution in [0.15, 0.2) is 71.9 Å². The van der Waals surface area contributed by atoms with E-state index in [-0.39, 0.29) is 4.90 Å². The van der Waals surface area contributed by atoms with Crippen molar-refractivity contribution in [3.63, 3.8) is 0 Å². The van der Waals surface area contributed by atoms with Gasteiger partial charge >= 0.3 is 0 Å². The molecule has 0 unspecified atom stereocenters. The van der Waals surface area contributed by atoms with E-state index in [2.05, 4.69) is 20.0 Å². The van der Waals surface area contributed by atoms with E-state index < -0.39 is 10.0 Å². The molecule has 2 aromatic carbocycles. The molecule has 0 saturated carbocycles. The first-order valence-electron chi connectivity index (χ1n) is 7.28. The molecule has 0 aliphatic carbocycles. The van der Waals surface area contributed by atoms with Crippen LogP contribution in [0, 0.1) is 6.92 Å². The van der Waals surface area contributed by atoms with E-state index in [4.69, 9.17) is 0 Å². The average molecular weight is 340 g/mol. The molecule has 0 aliphatic heterocycles. The van der Waals surface area contributed by atoms with Gasteiger partial charge in [-0.15, -0.1) is 0 Å². The van der Waals surface area contributed by atoms with Gasteiger partial charge in [-0.1, -0.05) is 30.3 Å². The third-order valence-corrected chi connectivity index (χ3v) is 4.75. The Morgan fingerprint density at radius 3 is 2.29 bits per heavy atom. The zero-order valence-corrected chi connectivity index (χ0v) is 13.8. The van der Waals surface area contributed by atoms with Gasteiger partial charge in [-0.3, -0.25) is 4.72 Å². The van der Waals surface area contributed by atoms with E-state index in [0.29, 0.717) is 17.3 Å². The number of nitrogens with zero attached hydrogens (tertiary/aromatic N) is 2. The lowest BCUT2D eigenvalue weighted by molar-refractivity contribution is 0.601. The van der Waals surface area contributed by atoms with Crippen molar-refractivity contribution >= 4 is 27.3 Å². The lowest BCUT2D eigenvalue weighted by Gasteiger charge is -2.15. The maximum Gasteiger partial charge on any atom is 0.261 e. The Morgan fingerprint density at radius 1 is 0.875 bits per heavy atom. The zero-order chi connectivity index (χ0) is 17.0. The SMILES string of the molecule is Cc1cccc(NS(=O)(=O)c2ccccc2)c1Nc1ncccn1. The maximum absolute atomic E-state index is 12.5. The largest absolute Gasteiger partial charge is 0.322 e. The number of aromatic nitrogens is 2. The van der Waals surface area contributed by atoms with Crippen LogP contribution < -0.4 is 10.0 Å². The zero-order valence-electron chi connectivity index (χ0n) is 13.0. The van der Waals surface area contributed by atoms with Crippen LogP contribution in [0.5, 0.6) is 0 Å². The summed E-state index contributed by atoms with van der Waals surface area (Å²) in [6, 6.07) is 15.3. The van der Waals surface area contributed by atoms with Crippen molar-refractivity contribution in [2.24, 2.45) is 0 Å². The molecule has 7 heteroatoms. The van der Waals surface area contributed by atoms with Gasteiger partial charge in [0.25, 0.3) is 10.0 Å². The molecule has 0 aliphatic rings. The van der Waals surface area contributed by atoms with Crippen molar-refractivity contribution in [1.82, 2.24) is 9.97 Å². The van der Waals surface area contributed by atoms with E-state index in [1.807, 2.05) is 13.0 Å². The molecule has 1 aromatic heterocycles. The molecule has 122 valence electrons. The van der Waals surface area contributed by atoms with Crippen molar-refractivity contribution in [2.45, 2.75) is 11.8 Å². The molecular formula is C17H16N4O2S. The highest BCUT2D eigenvalue weighted by atomic mass is 32.2. The first-order valence-corrected chi connectivity index (χ1v) is 8.76. The first kappa shape index (κ1) is 15.9. The van der Waals surface area contributed by atoms with Crippen LogP contribution in [-0.2, 0) is 10.0 Å². The highest BCUT2D eigenvalue weighted by molar-refractivity contribution is 7.92. The van der Waals surface area contributed by atoms with Crippen molar-refractivity contribution < 1.29 is 8.42 Å². The van der Waals surface area contributed by atoms with Crippen molar-refractivity contribution in [2.75, 3.05) is 10.0 Å². The first-order chi connectivity index (χ1) is 11.6. The number of para-hydroxylation sites is 1. The van der Waals surface area contributed by atoms with Gasteiger partial charge in [0.2, 0.25) is 5.95 Å². The second-order valence-corrected chi connectivity index (χ2v) is 6.80. The number of rotatable bonds is 5. The minimum absolute atomic E-state index is 0.202. The van der Waals surface area contributed by atoms with E-state index >= 15 is 0 Å². The van der Waals surface area contributed by atoms with Crippen LogP contribution in [0.1, 0.15) is 5.56 Å². The Kier molecular flexibility index (Phi) is 4.43. The van der Waals surface area contributed by atoms with Crippen LogP contribution in [0.2, 0.25) is 0 Å². The smallest absolute Gasteiger partial charge is 0.261 e. The summed E-state index contributed by atoms with van der Waals surface area (Å²) < 4.78 is 27.7. The summed E-state index contributed by atoms with van der Waals surface area (Å²) in [5.74, 6) is 0.395. The predicted molar refractivity (Wildman–Crippen MR) is 93.7 cm³/mol. The van der Waals surface area contributed by atoms with Crippen molar-refractivity contribution in [3.8, 4) is 0 Å². The monoisotopic (exact) mass is 340 g/mol. The maximum atomic E-state index is 12.5. The Labute approximate surface area is 140 Å². The molecule has 3 rings (SSSR count). The number of hydrogen-bond donors (Lipinski definition) is 2. The van der Waals surface area contributed by atoms with Crippen LogP contribution in [0.25, 0.3) is 0 Å². The highest BCUT2D eigenvalue weighted by Crippen LogP contribution is 2.29. The fraction of sp³-hybridized carbons (Fsp3) is 0.0588.